The third kappa shape index (κ3) is 4.83. The first kappa shape index (κ1) is 21.9. The second-order valence-corrected chi connectivity index (χ2v) is 7.31. The molecule has 30 heavy (non-hydrogen) atoms. The highest BCUT2D eigenvalue weighted by Crippen LogP contribution is 2.34. The molecule has 0 amide bonds. The van der Waals surface area contributed by atoms with Gasteiger partial charge in [-0.2, -0.15) is 5.26 Å². The maximum atomic E-state index is 14.5. The predicted molar refractivity (Wildman–Crippen MR) is 113 cm³/mol. The Morgan fingerprint density at radius 1 is 1.37 bits per heavy atom. The van der Waals surface area contributed by atoms with Crippen LogP contribution in [0.25, 0.3) is 11.0 Å². The number of fused-ring (bicyclic) bond motifs is 1. The van der Waals surface area contributed by atoms with E-state index in [-0.39, 0.29) is 22.2 Å². The molecule has 0 bridgehead atoms. The standard InChI is InChI=1S/C19H17ClFN5O3S/c1-29-16-10-23-15-7-6-14(12(9-22)18(15)26-16)25-19-13(21)5-4-11(17(19)20)3-2-8-24-30(27)28/h4-7,10,24-25H,2-3,8H2,1H3,(H,27,28). The van der Waals surface area contributed by atoms with Gasteiger partial charge in [-0.1, -0.05) is 17.7 Å². The smallest absolute Gasteiger partial charge is 0.232 e. The Labute approximate surface area is 179 Å². The highest BCUT2D eigenvalue weighted by molar-refractivity contribution is 7.77. The van der Waals surface area contributed by atoms with Crippen molar-refractivity contribution in [3.63, 3.8) is 0 Å². The van der Waals surface area contributed by atoms with E-state index in [2.05, 4.69) is 26.1 Å². The lowest BCUT2D eigenvalue weighted by Gasteiger charge is -2.15. The monoisotopic (exact) mass is 449 g/mol. The number of hydrogen-bond donors (Lipinski definition) is 3. The molecular formula is C19H17ClFN5O3S. The van der Waals surface area contributed by atoms with Crippen molar-refractivity contribution in [1.29, 1.82) is 5.26 Å². The molecule has 1 unspecified atom stereocenters. The molecule has 2 aromatic carbocycles. The van der Waals surface area contributed by atoms with Gasteiger partial charge in [0.15, 0.2) is 0 Å². The Hall–Kier alpha value is -2.84. The van der Waals surface area contributed by atoms with Crippen LogP contribution in [0.4, 0.5) is 15.8 Å². The zero-order chi connectivity index (χ0) is 21.7. The Bertz CT molecular complexity index is 1160. The minimum atomic E-state index is -2.09. The molecule has 0 spiro atoms. The number of methoxy groups -OCH3 is 1. The van der Waals surface area contributed by atoms with E-state index in [1.165, 1.54) is 19.4 Å². The summed E-state index contributed by atoms with van der Waals surface area (Å²) in [5, 5.41) is 12.7. The number of nitrogens with zero attached hydrogens (tertiary/aromatic N) is 3. The van der Waals surface area contributed by atoms with Crippen LogP contribution in [-0.2, 0) is 17.7 Å². The van der Waals surface area contributed by atoms with Gasteiger partial charge in [0.25, 0.3) is 0 Å². The molecule has 0 saturated carbocycles. The number of nitrogens with one attached hydrogen (secondary N) is 2. The number of ether oxygens (including phenoxy) is 1. The zero-order valence-corrected chi connectivity index (χ0v) is 17.4. The number of anilines is 2. The predicted octanol–water partition coefficient (Wildman–Crippen LogP) is 3.71. The molecule has 1 heterocycles. The lowest BCUT2D eigenvalue weighted by atomic mass is 10.1. The van der Waals surface area contributed by atoms with Gasteiger partial charge in [0.2, 0.25) is 17.1 Å². The molecule has 0 radical (unpaired) electrons. The van der Waals surface area contributed by atoms with E-state index in [0.717, 1.165) is 0 Å². The second kappa shape index (κ2) is 9.77. The molecule has 3 rings (SSSR count). The number of halogens is 2. The summed E-state index contributed by atoms with van der Waals surface area (Å²) in [5.74, 6) is -0.334. The summed E-state index contributed by atoms with van der Waals surface area (Å²) < 4.78 is 41.3. The fourth-order valence-corrected chi connectivity index (χ4v) is 3.47. The molecule has 0 saturated heterocycles. The molecule has 1 atom stereocenters. The SMILES string of the molecule is COc1cnc2ccc(Nc3c(F)ccc(CCCNS(=O)O)c3Cl)c(C#N)c2n1. The summed E-state index contributed by atoms with van der Waals surface area (Å²) in [6, 6.07) is 8.16. The molecule has 3 aromatic rings. The van der Waals surface area contributed by atoms with Crippen LogP contribution in [-0.4, -0.2) is 32.4 Å². The van der Waals surface area contributed by atoms with Gasteiger partial charge in [-0.15, -0.1) is 0 Å². The van der Waals surface area contributed by atoms with Gasteiger partial charge in [0.1, 0.15) is 23.0 Å². The van der Waals surface area contributed by atoms with Crippen molar-refractivity contribution in [3.05, 3.63) is 52.4 Å². The summed E-state index contributed by atoms with van der Waals surface area (Å²) >= 11 is 4.32. The molecule has 0 aliphatic heterocycles. The molecular weight excluding hydrogens is 433 g/mol. The molecule has 0 fully saturated rings. The Balaban J connectivity index is 1.94. The first-order valence-corrected chi connectivity index (χ1v) is 10.2. The van der Waals surface area contributed by atoms with Crippen LogP contribution in [0.3, 0.4) is 0 Å². The molecule has 1 aromatic heterocycles. The van der Waals surface area contributed by atoms with Crippen molar-refractivity contribution < 1.29 is 17.9 Å². The van der Waals surface area contributed by atoms with Crippen LogP contribution in [0.1, 0.15) is 17.5 Å². The number of aryl methyl sites for hydroxylation is 1. The lowest BCUT2D eigenvalue weighted by Crippen LogP contribution is -2.17. The van der Waals surface area contributed by atoms with Crippen LogP contribution in [0, 0.1) is 17.1 Å². The van der Waals surface area contributed by atoms with E-state index >= 15 is 0 Å². The number of rotatable bonds is 8. The van der Waals surface area contributed by atoms with Gasteiger partial charge in [-0.05, 0) is 36.6 Å². The van der Waals surface area contributed by atoms with Crippen LogP contribution < -0.4 is 14.8 Å². The normalized spacial score (nSPS) is 11.8. The number of nitriles is 1. The average Bonchev–Trinajstić information content (AvgIpc) is 2.74. The molecule has 156 valence electrons. The van der Waals surface area contributed by atoms with Crippen molar-refractivity contribution in [2.24, 2.45) is 0 Å². The summed E-state index contributed by atoms with van der Waals surface area (Å²) in [6.07, 6.45) is 2.42. The summed E-state index contributed by atoms with van der Waals surface area (Å²) in [7, 11) is 1.44. The van der Waals surface area contributed by atoms with E-state index in [4.69, 9.17) is 20.9 Å². The first-order chi connectivity index (χ1) is 14.4. The summed E-state index contributed by atoms with van der Waals surface area (Å²) in [6.45, 7) is 0.295. The maximum absolute atomic E-state index is 14.5. The molecule has 0 aliphatic carbocycles. The molecule has 8 nitrogen and oxygen atoms in total. The van der Waals surface area contributed by atoms with Gasteiger partial charge < -0.3 is 10.1 Å². The quantitative estimate of drug-likeness (QED) is 0.354. The Morgan fingerprint density at radius 2 is 2.17 bits per heavy atom. The van der Waals surface area contributed by atoms with Crippen LogP contribution in [0.15, 0.2) is 30.5 Å². The minimum absolute atomic E-state index is 0.0274. The van der Waals surface area contributed by atoms with Crippen molar-refractivity contribution >= 4 is 45.3 Å². The van der Waals surface area contributed by atoms with E-state index in [9.17, 15) is 13.9 Å². The van der Waals surface area contributed by atoms with Crippen molar-refractivity contribution in [2.45, 2.75) is 12.8 Å². The van der Waals surface area contributed by atoms with Crippen molar-refractivity contribution in [1.82, 2.24) is 14.7 Å². The average molecular weight is 450 g/mol. The van der Waals surface area contributed by atoms with Gasteiger partial charge in [0.05, 0.1) is 35.2 Å². The highest BCUT2D eigenvalue weighted by atomic mass is 35.5. The Kier molecular flexibility index (Phi) is 7.12. The Morgan fingerprint density at radius 3 is 2.87 bits per heavy atom. The first-order valence-electron chi connectivity index (χ1n) is 8.76. The second-order valence-electron chi connectivity index (χ2n) is 6.15. The van der Waals surface area contributed by atoms with Crippen molar-refractivity contribution in [2.75, 3.05) is 19.0 Å². The van der Waals surface area contributed by atoms with Crippen molar-refractivity contribution in [3.8, 4) is 11.9 Å². The lowest BCUT2D eigenvalue weighted by molar-refractivity contribution is 0.397. The van der Waals surface area contributed by atoms with E-state index < -0.39 is 17.1 Å². The third-order valence-corrected chi connectivity index (χ3v) is 5.18. The van der Waals surface area contributed by atoms with E-state index in [0.29, 0.717) is 41.7 Å². The maximum Gasteiger partial charge on any atom is 0.232 e. The van der Waals surface area contributed by atoms with E-state index in [1.807, 2.05) is 0 Å². The van der Waals surface area contributed by atoms with Crippen LogP contribution in [0.2, 0.25) is 5.02 Å². The molecule has 3 N–H and O–H groups in total. The summed E-state index contributed by atoms with van der Waals surface area (Å²) in [4.78, 5) is 8.47. The van der Waals surface area contributed by atoms with Gasteiger partial charge in [-0.3, -0.25) is 4.55 Å². The number of hydrogen-bond acceptors (Lipinski definition) is 6. The van der Waals surface area contributed by atoms with E-state index in [1.54, 1.807) is 18.2 Å². The number of aromatic nitrogens is 2. The summed E-state index contributed by atoms with van der Waals surface area (Å²) in [5.41, 5.74) is 1.99. The van der Waals surface area contributed by atoms with Gasteiger partial charge in [-0.25, -0.2) is 23.3 Å². The zero-order valence-electron chi connectivity index (χ0n) is 15.8. The highest BCUT2D eigenvalue weighted by Gasteiger charge is 2.16. The van der Waals surface area contributed by atoms with Crippen LogP contribution in [0.5, 0.6) is 5.88 Å². The topological polar surface area (TPSA) is 120 Å². The molecule has 11 heteroatoms. The fraction of sp³-hybridized carbons (Fsp3) is 0.211. The largest absolute Gasteiger partial charge is 0.480 e. The molecule has 0 aliphatic rings. The number of benzene rings is 2. The minimum Gasteiger partial charge on any atom is -0.480 e. The van der Waals surface area contributed by atoms with Gasteiger partial charge in [0, 0.05) is 6.54 Å². The fourth-order valence-electron chi connectivity index (χ4n) is 2.85. The van der Waals surface area contributed by atoms with Gasteiger partial charge >= 0.3 is 0 Å². The third-order valence-electron chi connectivity index (χ3n) is 4.29. The van der Waals surface area contributed by atoms with Crippen LogP contribution >= 0.6 is 11.6 Å².